The summed E-state index contributed by atoms with van der Waals surface area (Å²) in [5.41, 5.74) is -0.635. The first-order chi connectivity index (χ1) is 8.09. The molecule has 2 heteroatoms. The van der Waals surface area contributed by atoms with Crippen LogP contribution in [-0.4, -0.2) is 27.8 Å². The van der Waals surface area contributed by atoms with Crippen molar-refractivity contribution in [3.05, 3.63) is 0 Å². The lowest BCUT2D eigenvalue weighted by Crippen LogP contribution is -2.56. The van der Waals surface area contributed by atoms with E-state index in [4.69, 9.17) is 0 Å². The molecule has 0 spiro atoms. The smallest absolute Gasteiger partial charge is 0.113 e. The molecule has 1 N–H and O–H groups in total. The van der Waals surface area contributed by atoms with E-state index in [2.05, 4.69) is 4.90 Å². The highest BCUT2D eigenvalue weighted by Crippen LogP contribution is 2.34. The van der Waals surface area contributed by atoms with Crippen molar-refractivity contribution in [2.24, 2.45) is 0 Å². The van der Waals surface area contributed by atoms with Crippen molar-refractivity contribution in [1.82, 2.24) is 4.90 Å². The predicted octanol–water partition coefficient (Wildman–Crippen LogP) is 3.68. The summed E-state index contributed by atoms with van der Waals surface area (Å²) in [4.78, 5) is 2.46. The van der Waals surface area contributed by atoms with Gasteiger partial charge < -0.3 is 5.11 Å². The van der Waals surface area contributed by atoms with E-state index in [9.17, 15) is 5.11 Å². The Kier molecular flexibility index (Phi) is 4.48. The fourth-order valence-electron chi connectivity index (χ4n) is 3.91. The van der Waals surface area contributed by atoms with Crippen LogP contribution in [0.5, 0.6) is 0 Å². The van der Waals surface area contributed by atoms with Crippen LogP contribution in [0.3, 0.4) is 0 Å². The van der Waals surface area contributed by atoms with Gasteiger partial charge in [0.15, 0.2) is 0 Å². The molecule has 0 unspecified atom stereocenters. The van der Waals surface area contributed by atoms with Crippen LogP contribution in [0.15, 0.2) is 0 Å². The molecule has 2 saturated carbocycles. The van der Waals surface area contributed by atoms with Crippen LogP contribution < -0.4 is 0 Å². The Bertz CT molecular complexity index is 204. The van der Waals surface area contributed by atoms with Gasteiger partial charge in [0, 0.05) is 12.1 Å². The molecule has 2 aliphatic rings. The molecule has 0 aromatic heterocycles. The second kappa shape index (κ2) is 5.71. The number of rotatable bonds is 3. The quantitative estimate of drug-likeness (QED) is 0.759. The molecule has 0 aromatic carbocycles. The number of hydrogen-bond donors (Lipinski definition) is 1. The van der Waals surface area contributed by atoms with E-state index in [0.717, 1.165) is 0 Å². The lowest BCUT2D eigenvalue weighted by atomic mass is 9.87. The third-order valence-corrected chi connectivity index (χ3v) is 4.57. The van der Waals surface area contributed by atoms with Crippen LogP contribution in [0.1, 0.15) is 78.1 Å². The minimum absolute atomic E-state index is 0.631. The molecule has 2 fully saturated rings. The summed E-state index contributed by atoms with van der Waals surface area (Å²) in [6, 6.07) is 1.26. The Morgan fingerprint density at radius 3 is 1.41 bits per heavy atom. The molecule has 0 aromatic rings. The van der Waals surface area contributed by atoms with Crippen molar-refractivity contribution in [3.8, 4) is 0 Å². The van der Waals surface area contributed by atoms with Gasteiger partial charge in [-0.3, -0.25) is 4.90 Å². The average Bonchev–Trinajstić information content (AvgIpc) is 2.30. The maximum absolute atomic E-state index is 10.5. The van der Waals surface area contributed by atoms with E-state index in [1.54, 1.807) is 0 Å². The van der Waals surface area contributed by atoms with Crippen LogP contribution in [0.25, 0.3) is 0 Å². The summed E-state index contributed by atoms with van der Waals surface area (Å²) in [5.74, 6) is 0. The molecule has 2 aliphatic carbocycles. The number of aliphatic hydroxyl groups is 1. The van der Waals surface area contributed by atoms with Crippen molar-refractivity contribution >= 4 is 0 Å². The fraction of sp³-hybridized carbons (Fsp3) is 1.00. The highest BCUT2D eigenvalue weighted by molar-refractivity contribution is 4.88. The summed E-state index contributed by atoms with van der Waals surface area (Å²) in [6.07, 6.45) is 13.4. The standard InChI is InChI=1S/C15H29NO/c1-15(2,17)16(13-9-5-3-6-10-13)14-11-7-4-8-12-14/h13-14,17H,3-12H2,1-2H3. The largest absolute Gasteiger partial charge is 0.376 e. The highest BCUT2D eigenvalue weighted by atomic mass is 16.3. The molecule has 2 rings (SSSR count). The Morgan fingerprint density at radius 1 is 0.765 bits per heavy atom. The molecule has 0 amide bonds. The van der Waals surface area contributed by atoms with E-state index < -0.39 is 5.72 Å². The molecule has 17 heavy (non-hydrogen) atoms. The third kappa shape index (κ3) is 3.45. The molecular formula is C15H29NO. The number of nitrogens with zero attached hydrogens (tertiary/aromatic N) is 1. The Balaban J connectivity index is 2.06. The minimum atomic E-state index is -0.635. The van der Waals surface area contributed by atoms with Crippen LogP contribution >= 0.6 is 0 Å². The maximum atomic E-state index is 10.5. The van der Waals surface area contributed by atoms with Crippen LogP contribution in [0, 0.1) is 0 Å². The lowest BCUT2D eigenvalue weighted by Gasteiger charge is -2.48. The molecule has 0 saturated heterocycles. The van der Waals surface area contributed by atoms with Crippen molar-refractivity contribution in [2.45, 2.75) is 95.9 Å². The van der Waals surface area contributed by atoms with Gasteiger partial charge in [-0.2, -0.15) is 0 Å². The van der Waals surface area contributed by atoms with Gasteiger partial charge in [0.2, 0.25) is 0 Å². The first kappa shape index (κ1) is 13.4. The maximum Gasteiger partial charge on any atom is 0.113 e. The van der Waals surface area contributed by atoms with Gasteiger partial charge in [-0.15, -0.1) is 0 Å². The second-order valence-corrected chi connectivity index (χ2v) is 6.49. The van der Waals surface area contributed by atoms with Gasteiger partial charge in [-0.05, 0) is 39.5 Å². The van der Waals surface area contributed by atoms with Gasteiger partial charge in [0.25, 0.3) is 0 Å². The van der Waals surface area contributed by atoms with Gasteiger partial charge in [0.1, 0.15) is 5.72 Å². The van der Waals surface area contributed by atoms with E-state index in [1.165, 1.54) is 64.2 Å². The van der Waals surface area contributed by atoms with Crippen molar-refractivity contribution in [2.75, 3.05) is 0 Å². The average molecular weight is 239 g/mol. The normalized spacial score (nSPS) is 25.4. The third-order valence-electron chi connectivity index (χ3n) is 4.57. The highest BCUT2D eigenvalue weighted by Gasteiger charge is 2.37. The first-order valence-electron chi connectivity index (χ1n) is 7.60. The predicted molar refractivity (Wildman–Crippen MR) is 71.9 cm³/mol. The van der Waals surface area contributed by atoms with Crippen molar-refractivity contribution in [1.29, 1.82) is 0 Å². The van der Waals surface area contributed by atoms with Gasteiger partial charge in [-0.1, -0.05) is 38.5 Å². The van der Waals surface area contributed by atoms with E-state index in [1.807, 2.05) is 13.8 Å². The lowest BCUT2D eigenvalue weighted by molar-refractivity contribution is -0.136. The summed E-state index contributed by atoms with van der Waals surface area (Å²) in [7, 11) is 0. The Hall–Kier alpha value is -0.0800. The topological polar surface area (TPSA) is 23.5 Å². The van der Waals surface area contributed by atoms with Gasteiger partial charge in [-0.25, -0.2) is 0 Å². The Labute approximate surface area is 106 Å². The zero-order valence-electron chi connectivity index (χ0n) is 11.6. The zero-order valence-corrected chi connectivity index (χ0v) is 11.6. The summed E-state index contributed by atoms with van der Waals surface area (Å²) < 4.78 is 0. The first-order valence-corrected chi connectivity index (χ1v) is 7.60. The van der Waals surface area contributed by atoms with E-state index in [-0.39, 0.29) is 0 Å². The van der Waals surface area contributed by atoms with Gasteiger partial charge >= 0.3 is 0 Å². The van der Waals surface area contributed by atoms with Crippen molar-refractivity contribution in [3.63, 3.8) is 0 Å². The minimum Gasteiger partial charge on any atom is -0.376 e. The van der Waals surface area contributed by atoms with Crippen molar-refractivity contribution < 1.29 is 5.11 Å². The molecule has 0 aliphatic heterocycles. The monoisotopic (exact) mass is 239 g/mol. The van der Waals surface area contributed by atoms with E-state index >= 15 is 0 Å². The molecule has 0 bridgehead atoms. The van der Waals surface area contributed by atoms with Crippen LogP contribution in [-0.2, 0) is 0 Å². The van der Waals surface area contributed by atoms with Crippen LogP contribution in [0.4, 0.5) is 0 Å². The molecule has 0 radical (unpaired) electrons. The molecule has 0 atom stereocenters. The van der Waals surface area contributed by atoms with E-state index in [0.29, 0.717) is 12.1 Å². The Morgan fingerprint density at radius 2 is 1.12 bits per heavy atom. The summed E-state index contributed by atoms with van der Waals surface area (Å²) >= 11 is 0. The number of hydrogen-bond acceptors (Lipinski definition) is 2. The SMILES string of the molecule is CC(C)(O)N(C1CCCCC1)C1CCCCC1. The van der Waals surface area contributed by atoms with Crippen LogP contribution in [0.2, 0.25) is 0 Å². The summed E-state index contributed by atoms with van der Waals surface area (Å²) in [6.45, 7) is 3.96. The fourth-order valence-corrected chi connectivity index (χ4v) is 3.91. The zero-order chi connectivity index (χ0) is 12.3. The molecule has 2 nitrogen and oxygen atoms in total. The molecule has 0 heterocycles. The molecule has 100 valence electrons. The van der Waals surface area contributed by atoms with Gasteiger partial charge in [0.05, 0.1) is 0 Å². The summed E-state index contributed by atoms with van der Waals surface area (Å²) in [5, 5.41) is 10.5. The molecular weight excluding hydrogens is 210 g/mol. The second-order valence-electron chi connectivity index (χ2n) is 6.49.